The Morgan fingerprint density at radius 3 is 2.62 bits per heavy atom. The van der Waals surface area contributed by atoms with Gasteiger partial charge in [0.15, 0.2) is 9.84 Å². The maximum absolute atomic E-state index is 12.4. The van der Waals surface area contributed by atoms with Crippen LogP contribution in [0.3, 0.4) is 0 Å². The number of benzene rings is 1. The van der Waals surface area contributed by atoms with Crippen molar-refractivity contribution in [3.63, 3.8) is 0 Å². The predicted molar refractivity (Wildman–Crippen MR) is 107 cm³/mol. The molecule has 0 aliphatic heterocycles. The average molecular weight is 417 g/mol. The van der Waals surface area contributed by atoms with E-state index >= 15 is 0 Å². The second-order valence-electron chi connectivity index (χ2n) is 6.58. The van der Waals surface area contributed by atoms with E-state index in [1.54, 1.807) is 16.6 Å². The molecule has 2 heterocycles. The van der Waals surface area contributed by atoms with Crippen LogP contribution in [0.25, 0.3) is 5.78 Å². The van der Waals surface area contributed by atoms with Crippen molar-refractivity contribution in [2.75, 3.05) is 19.4 Å². The number of hydrogen-bond donors (Lipinski definition) is 1. The zero-order valence-corrected chi connectivity index (χ0v) is 17.4. The fourth-order valence-corrected chi connectivity index (χ4v) is 4.23. The lowest BCUT2D eigenvalue weighted by atomic mass is 10.1. The molecular formula is C19H23N5O4S. The van der Waals surface area contributed by atoms with Gasteiger partial charge in [0, 0.05) is 24.4 Å². The molecule has 1 amide bonds. The van der Waals surface area contributed by atoms with Crippen molar-refractivity contribution in [3.8, 4) is 5.75 Å². The fourth-order valence-electron chi connectivity index (χ4n) is 3.07. The van der Waals surface area contributed by atoms with Crippen molar-refractivity contribution in [2.24, 2.45) is 0 Å². The summed E-state index contributed by atoms with van der Waals surface area (Å²) in [4.78, 5) is 20.8. The van der Waals surface area contributed by atoms with E-state index in [2.05, 4.69) is 20.4 Å². The molecule has 0 radical (unpaired) electrons. The highest BCUT2D eigenvalue weighted by Gasteiger charge is 2.16. The first-order valence-corrected chi connectivity index (χ1v) is 10.8. The fraction of sp³-hybridized carbons (Fsp3) is 0.368. The van der Waals surface area contributed by atoms with Gasteiger partial charge >= 0.3 is 0 Å². The summed E-state index contributed by atoms with van der Waals surface area (Å²) in [6.45, 7) is 3.83. The van der Waals surface area contributed by atoms with Crippen molar-refractivity contribution >= 4 is 21.5 Å². The third-order valence-electron chi connectivity index (χ3n) is 4.70. The summed E-state index contributed by atoms with van der Waals surface area (Å²) in [6, 6.07) is 6.18. The number of aryl methyl sites for hydroxylation is 2. The minimum absolute atomic E-state index is 0.0471. The lowest BCUT2D eigenvalue weighted by molar-refractivity contribution is -0.120. The first-order chi connectivity index (χ1) is 13.8. The van der Waals surface area contributed by atoms with Crippen LogP contribution in [0.4, 0.5) is 0 Å². The smallest absolute Gasteiger partial charge is 0.252 e. The highest BCUT2D eigenvalue weighted by Crippen LogP contribution is 2.17. The molecule has 29 heavy (non-hydrogen) atoms. The molecule has 0 atom stereocenters. The van der Waals surface area contributed by atoms with Gasteiger partial charge in [0.25, 0.3) is 5.78 Å². The number of hydrogen-bond acceptors (Lipinski definition) is 7. The Hall–Kier alpha value is -3.01. The maximum Gasteiger partial charge on any atom is 0.252 e. The number of carbonyl (C=O) groups is 1. The predicted octanol–water partition coefficient (Wildman–Crippen LogP) is 1.27. The Bertz CT molecular complexity index is 1120. The van der Waals surface area contributed by atoms with Crippen LogP contribution in [-0.2, 0) is 21.1 Å². The van der Waals surface area contributed by atoms with Crippen molar-refractivity contribution < 1.29 is 17.9 Å². The molecular weight excluding hydrogens is 394 g/mol. The number of rotatable bonds is 8. The molecule has 10 heteroatoms. The Kier molecular flexibility index (Phi) is 6.12. The monoisotopic (exact) mass is 417 g/mol. The summed E-state index contributed by atoms with van der Waals surface area (Å²) < 4.78 is 31.4. The maximum atomic E-state index is 12.4. The highest BCUT2D eigenvalue weighted by atomic mass is 32.2. The van der Waals surface area contributed by atoms with Gasteiger partial charge in [-0.2, -0.15) is 10.1 Å². The Morgan fingerprint density at radius 1 is 1.21 bits per heavy atom. The summed E-state index contributed by atoms with van der Waals surface area (Å²) in [5.74, 6) is 0.723. The SMILES string of the molecule is COc1ccc(S(=O)(=O)CCNC(=O)CCc2c(C)nc3ncnn3c2C)cc1. The quantitative estimate of drug-likeness (QED) is 0.587. The third-order valence-corrected chi connectivity index (χ3v) is 6.43. The van der Waals surface area contributed by atoms with E-state index in [1.165, 1.54) is 25.6 Å². The van der Waals surface area contributed by atoms with E-state index < -0.39 is 9.84 Å². The summed E-state index contributed by atoms with van der Waals surface area (Å²) in [6.07, 6.45) is 2.15. The lowest BCUT2D eigenvalue weighted by Gasteiger charge is -2.11. The van der Waals surface area contributed by atoms with Crippen LogP contribution in [0, 0.1) is 13.8 Å². The van der Waals surface area contributed by atoms with Crippen molar-refractivity contribution in [2.45, 2.75) is 31.6 Å². The van der Waals surface area contributed by atoms with Crippen molar-refractivity contribution in [1.82, 2.24) is 24.9 Å². The number of carbonyl (C=O) groups excluding carboxylic acids is 1. The van der Waals surface area contributed by atoms with Crippen LogP contribution in [0.5, 0.6) is 5.75 Å². The summed E-state index contributed by atoms with van der Waals surface area (Å²) in [5.41, 5.74) is 2.63. The second-order valence-corrected chi connectivity index (χ2v) is 8.69. The van der Waals surface area contributed by atoms with Gasteiger partial charge in [0.05, 0.1) is 17.8 Å². The van der Waals surface area contributed by atoms with Crippen LogP contribution in [-0.4, -0.2) is 53.3 Å². The van der Waals surface area contributed by atoms with Gasteiger partial charge in [0.2, 0.25) is 5.91 Å². The molecule has 1 N–H and O–H groups in total. The Morgan fingerprint density at radius 2 is 1.93 bits per heavy atom. The second kappa shape index (κ2) is 8.56. The molecule has 0 aliphatic carbocycles. The Balaban J connectivity index is 1.54. The molecule has 3 rings (SSSR count). The zero-order chi connectivity index (χ0) is 21.0. The van der Waals surface area contributed by atoms with Gasteiger partial charge in [-0.05, 0) is 50.1 Å². The van der Waals surface area contributed by atoms with Crippen molar-refractivity contribution in [3.05, 3.63) is 47.5 Å². The van der Waals surface area contributed by atoms with Crippen LogP contribution in [0.1, 0.15) is 23.4 Å². The minimum atomic E-state index is -3.48. The molecule has 154 valence electrons. The number of ether oxygens (including phenoxy) is 1. The summed E-state index contributed by atoms with van der Waals surface area (Å²) in [7, 11) is -1.96. The van der Waals surface area contributed by atoms with Gasteiger partial charge in [-0.1, -0.05) is 0 Å². The molecule has 3 aromatic rings. The molecule has 0 unspecified atom stereocenters. The van der Waals surface area contributed by atoms with Crippen LogP contribution in [0.15, 0.2) is 35.5 Å². The molecule has 0 fully saturated rings. The zero-order valence-electron chi connectivity index (χ0n) is 16.5. The first kappa shape index (κ1) is 20.7. The number of amides is 1. The summed E-state index contributed by atoms with van der Waals surface area (Å²) in [5, 5.41) is 6.81. The normalized spacial score (nSPS) is 11.6. The topological polar surface area (TPSA) is 116 Å². The average Bonchev–Trinajstić information content (AvgIpc) is 3.16. The first-order valence-electron chi connectivity index (χ1n) is 9.11. The van der Waals surface area contributed by atoms with Crippen molar-refractivity contribution in [1.29, 1.82) is 0 Å². The standard InChI is InChI=1S/C19H23N5O4S/c1-13-17(14(2)24-19(23-13)21-12-22-24)8-9-18(25)20-10-11-29(26,27)16-6-4-15(28-3)5-7-16/h4-7,12H,8-11H2,1-3H3,(H,20,25). The van der Waals surface area contributed by atoms with Gasteiger partial charge in [0.1, 0.15) is 12.1 Å². The van der Waals surface area contributed by atoms with Crippen LogP contribution >= 0.6 is 0 Å². The molecule has 9 nitrogen and oxygen atoms in total. The van der Waals surface area contributed by atoms with E-state index in [1.807, 2.05) is 13.8 Å². The third kappa shape index (κ3) is 4.70. The molecule has 0 bridgehead atoms. The number of methoxy groups -OCH3 is 1. The number of nitrogens with one attached hydrogen (secondary N) is 1. The van der Waals surface area contributed by atoms with Gasteiger partial charge < -0.3 is 10.1 Å². The van der Waals surface area contributed by atoms with E-state index in [-0.39, 0.29) is 29.5 Å². The minimum Gasteiger partial charge on any atom is -0.497 e. The van der Waals surface area contributed by atoms with Crippen LogP contribution < -0.4 is 10.1 Å². The molecule has 0 spiro atoms. The number of aromatic nitrogens is 4. The van der Waals surface area contributed by atoms with E-state index in [0.717, 1.165) is 17.0 Å². The number of sulfone groups is 1. The molecule has 2 aromatic heterocycles. The van der Waals surface area contributed by atoms with Crippen LogP contribution in [0.2, 0.25) is 0 Å². The van der Waals surface area contributed by atoms with E-state index in [0.29, 0.717) is 17.9 Å². The number of fused-ring (bicyclic) bond motifs is 1. The van der Waals surface area contributed by atoms with E-state index in [4.69, 9.17) is 4.74 Å². The lowest BCUT2D eigenvalue weighted by Crippen LogP contribution is -2.29. The molecule has 0 saturated carbocycles. The Labute approximate surface area is 169 Å². The van der Waals surface area contributed by atoms with Gasteiger partial charge in [-0.3, -0.25) is 4.79 Å². The molecule has 0 saturated heterocycles. The molecule has 1 aromatic carbocycles. The number of nitrogens with zero attached hydrogens (tertiary/aromatic N) is 4. The molecule has 0 aliphatic rings. The van der Waals surface area contributed by atoms with Gasteiger partial charge in [-0.15, -0.1) is 0 Å². The largest absolute Gasteiger partial charge is 0.497 e. The van der Waals surface area contributed by atoms with E-state index in [9.17, 15) is 13.2 Å². The highest BCUT2D eigenvalue weighted by molar-refractivity contribution is 7.91. The van der Waals surface area contributed by atoms with Gasteiger partial charge in [-0.25, -0.2) is 17.9 Å². The summed E-state index contributed by atoms with van der Waals surface area (Å²) >= 11 is 0.